The molecule has 50 valence electrons. The number of primary amides is 1. The molecule has 0 aromatic rings. The van der Waals surface area contributed by atoms with Gasteiger partial charge in [-0.25, -0.2) is 0 Å². The molecule has 0 aliphatic heterocycles. The zero-order chi connectivity index (χ0) is 5.86. The summed E-state index contributed by atoms with van der Waals surface area (Å²) >= 11 is 0. The molecule has 0 bridgehead atoms. The van der Waals surface area contributed by atoms with E-state index in [1.807, 2.05) is 0 Å². The van der Waals surface area contributed by atoms with Gasteiger partial charge >= 0.3 is 0 Å². The first kappa shape index (κ1) is 10.7. The highest BCUT2D eigenvalue weighted by Gasteiger charge is 2.02. The number of carbonyl (C=O) groups excluding carboxylic acids is 1. The van der Waals surface area contributed by atoms with Crippen LogP contribution >= 0.6 is 12.4 Å². The Kier molecular flexibility index (Phi) is 6.48. The van der Waals surface area contributed by atoms with Crippen molar-refractivity contribution >= 4 is 18.3 Å². The predicted molar refractivity (Wildman–Crippen MR) is 34.7 cm³/mol. The maximum atomic E-state index is 10.1. The molecular formula is C4H11ClN2O. The van der Waals surface area contributed by atoms with Gasteiger partial charge in [0.05, 0.1) is 0 Å². The SMILES string of the molecule is C[C@H](CN)C(N)=O.Cl. The zero-order valence-electron chi connectivity index (χ0n) is 4.76. The van der Waals surface area contributed by atoms with Crippen molar-refractivity contribution in [2.24, 2.45) is 17.4 Å². The molecule has 0 radical (unpaired) electrons. The van der Waals surface area contributed by atoms with Crippen LogP contribution in [0.15, 0.2) is 0 Å². The largest absolute Gasteiger partial charge is 0.369 e. The van der Waals surface area contributed by atoms with Gasteiger partial charge in [0.25, 0.3) is 0 Å². The van der Waals surface area contributed by atoms with E-state index in [2.05, 4.69) is 0 Å². The average molecular weight is 139 g/mol. The molecule has 4 N–H and O–H groups in total. The number of rotatable bonds is 2. The molecule has 0 saturated heterocycles. The summed E-state index contributed by atoms with van der Waals surface area (Å²) in [6, 6.07) is 0. The third kappa shape index (κ3) is 3.89. The van der Waals surface area contributed by atoms with Crippen molar-refractivity contribution in [3.05, 3.63) is 0 Å². The van der Waals surface area contributed by atoms with E-state index in [-0.39, 0.29) is 24.2 Å². The minimum Gasteiger partial charge on any atom is -0.369 e. The predicted octanol–water partition coefficient (Wildman–Crippen LogP) is -0.512. The van der Waals surface area contributed by atoms with Crippen LogP contribution in [0.1, 0.15) is 6.92 Å². The number of hydrogen-bond acceptors (Lipinski definition) is 2. The minimum atomic E-state index is -0.331. The van der Waals surface area contributed by atoms with Gasteiger partial charge in [-0.1, -0.05) is 6.92 Å². The topological polar surface area (TPSA) is 69.1 Å². The fraction of sp³-hybridized carbons (Fsp3) is 0.750. The number of hydrogen-bond donors (Lipinski definition) is 2. The smallest absolute Gasteiger partial charge is 0.221 e. The second-order valence-corrected chi connectivity index (χ2v) is 1.54. The molecule has 0 aliphatic rings. The summed E-state index contributed by atoms with van der Waals surface area (Å²) in [5.41, 5.74) is 9.90. The fourth-order valence-electron chi connectivity index (χ4n) is 0.116. The van der Waals surface area contributed by atoms with Gasteiger partial charge in [-0.3, -0.25) is 4.79 Å². The molecule has 8 heavy (non-hydrogen) atoms. The standard InChI is InChI=1S/C4H10N2O.ClH/c1-3(2-5)4(6)7;/h3H,2,5H2,1H3,(H2,6,7);1H/t3-;/m1./s1. The van der Waals surface area contributed by atoms with Crippen molar-refractivity contribution in [2.75, 3.05) is 6.54 Å². The fourth-order valence-corrected chi connectivity index (χ4v) is 0.116. The Balaban J connectivity index is 0. The van der Waals surface area contributed by atoms with Crippen molar-refractivity contribution in [3.63, 3.8) is 0 Å². The van der Waals surface area contributed by atoms with Crippen molar-refractivity contribution in [1.29, 1.82) is 0 Å². The first-order valence-corrected chi connectivity index (χ1v) is 2.18. The van der Waals surface area contributed by atoms with E-state index in [1.165, 1.54) is 0 Å². The summed E-state index contributed by atoms with van der Waals surface area (Å²) in [5.74, 6) is -0.512. The Morgan fingerprint density at radius 3 is 2.12 bits per heavy atom. The molecule has 0 rings (SSSR count). The lowest BCUT2D eigenvalue weighted by atomic mass is 10.2. The van der Waals surface area contributed by atoms with E-state index in [1.54, 1.807) is 6.92 Å². The van der Waals surface area contributed by atoms with Crippen LogP contribution in [0, 0.1) is 5.92 Å². The maximum absolute atomic E-state index is 10.1. The van der Waals surface area contributed by atoms with Gasteiger partial charge < -0.3 is 11.5 Å². The Morgan fingerprint density at radius 2 is 2.12 bits per heavy atom. The van der Waals surface area contributed by atoms with Crippen LogP contribution in [0.5, 0.6) is 0 Å². The Bertz CT molecular complexity index is 76.4. The number of nitrogens with two attached hydrogens (primary N) is 2. The van der Waals surface area contributed by atoms with E-state index in [0.29, 0.717) is 6.54 Å². The van der Waals surface area contributed by atoms with E-state index in [0.717, 1.165) is 0 Å². The second kappa shape index (κ2) is 4.87. The Labute approximate surface area is 54.8 Å². The van der Waals surface area contributed by atoms with Gasteiger partial charge in [0.1, 0.15) is 0 Å². The molecule has 1 atom stereocenters. The van der Waals surface area contributed by atoms with E-state index in [4.69, 9.17) is 11.5 Å². The van der Waals surface area contributed by atoms with Gasteiger partial charge in [0.15, 0.2) is 0 Å². The third-order valence-corrected chi connectivity index (χ3v) is 0.839. The van der Waals surface area contributed by atoms with Crippen LogP contribution in [-0.4, -0.2) is 12.5 Å². The first-order chi connectivity index (χ1) is 3.18. The molecule has 0 saturated carbocycles. The first-order valence-electron chi connectivity index (χ1n) is 2.18. The van der Waals surface area contributed by atoms with Crippen molar-refractivity contribution < 1.29 is 4.79 Å². The summed E-state index contributed by atoms with van der Waals surface area (Å²) < 4.78 is 0. The van der Waals surface area contributed by atoms with E-state index in [9.17, 15) is 4.79 Å². The van der Waals surface area contributed by atoms with Crippen molar-refractivity contribution in [3.8, 4) is 0 Å². The van der Waals surface area contributed by atoms with Gasteiger partial charge in [0, 0.05) is 12.5 Å². The van der Waals surface area contributed by atoms with Gasteiger partial charge in [-0.2, -0.15) is 0 Å². The normalized spacial score (nSPS) is 11.8. The molecule has 0 aromatic heterocycles. The lowest BCUT2D eigenvalue weighted by Crippen LogP contribution is -2.26. The molecular weight excluding hydrogens is 128 g/mol. The molecule has 0 fully saturated rings. The van der Waals surface area contributed by atoms with Crippen LogP contribution < -0.4 is 11.5 Å². The summed E-state index contributed by atoms with van der Waals surface area (Å²) in [5, 5.41) is 0. The Morgan fingerprint density at radius 1 is 1.75 bits per heavy atom. The summed E-state index contributed by atoms with van der Waals surface area (Å²) in [6.07, 6.45) is 0. The molecule has 0 spiro atoms. The third-order valence-electron chi connectivity index (χ3n) is 0.839. The molecule has 0 unspecified atom stereocenters. The van der Waals surface area contributed by atoms with Crippen LogP contribution in [0.4, 0.5) is 0 Å². The van der Waals surface area contributed by atoms with Crippen molar-refractivity contribution in [1.82, 2.24) is 0 Å². The van der Waals surface area contributed by atoms with Crippen LogP contribution in [-0.2, 0) is 4.79 Å². The monoisotopic (exact) mass is 138 g/mol. The molecule has 0 aromatic carbocycles. The van der Waals surface area contributed by atoms with Crippen LogP contribution in [0.25, 0.3) is 0 Å². The van der Waals surface area contributed by atoms with Crippen LogP contribution in [0.2, 0.25) is 0 Å². The average Bonchev–Trinajstić information content (AvgIpc) is 1.65. The quantitative estimate of drug-likeness (QED) is 0.540. The highest BCUT2D eigenvalue weighted by Crippen LogP contribution is 1.84. The maximum Gasteiger partial charge on any atom is 0.221 e. The Hall–Kier alpha value is -0.280. The highest BCUT2D eigenvalue weighted by molar-refractivity contribution is 5.85. The molecule has 1 amide bonds. The molecule has 3 nitrogen and oxygen atoms in total. The van der Waals surface area contributed by atoms with Gasteiger partial charge in [-0.05, 0) is 0 Å². The lowest BCUT2D eigenvalue weighted by Gasteiger charge is -1.98. The summed E-state index contributed by atoms with van der Waals surface area (Å²) in [4.78, 5) is 10.1. The number of amides is 1. The minimum absolute atomic E-state index is 0. The lowest BCUT2D eigenvalue weighted by molar-refractivity contribution is -0.120. The second-order valence-electron chi connectivity index (χ2n) is 1.54. The van der Waals surface area contributed by atoms with E-state index >= 15 is 0 Å². The summed E-state index contributed by atoms with van der Waals surface area (Å²) in [7, 11) is 0. The number of carbonyl (C=O) groups is 1. The highest BCUT2D eigenvalue weighted by atomic mass is 35.5. The molecule has 0 heterocycles. The number of halogens is 1. The molecule has 0 aliphatic carbocycles. The van der Waals surface area contributed by atoms with Crippen LogP contribution in [0.3, 0.4) is 0 Å². The van der Waals surface area contributed by atoms with E-state index < -0.39 is 0 Å². The van der Waals surface area contributed by atoms with Crippen molar-refractivity contribution in [2.45, 2.75) is 6.92 Å². The van der Waals surface area contributed by atoms with Gasteiger partial charge in [0.2, 0.25) is 5.91 Å². The molecule has 4 heteroatoms. The zero-order valence-corrected chi connectivity index (χ0v) is 5.57. The van der Waals surface area contributed by atoms with Gasteiger partial charge in [-0.15, -0.1) is 12.4 Å². The summed E-state index contributed by atoms with van der Waals surface area (Å²) in [6.45, 7) is 2.04.